The third-order valence-corrected chi connectivity index (χ3v) is 6.16. The molecule has 3 rings (SSSR count). The molecule has 0 saturated carbocycles. The van der Waals surface area contributed by atoms with Crippen molar-refractivity contribution < 1.29 is 27.9 Å². The lowest BCUT2D eigenvalue weighted by molar-refractivity contribution is -0.142. The van der Waals surface area contributed by atoms with E-state index in [9.17, 15) is 18.9 Å². The van der Waals surface area contributed by atoms with Crippen molar-refractivity contribution in [3.8, 4) is 0 Å². The number of fused-ring (bicyclic) bond motifs is 1. The first-order valence-corrected chi connectivity index (χ1v) is 9.66. The summed E-state index contributed by atoms with van der Waals surface area (Å²) in [5, 5.41) is 2.48. The predicted molar refractivity (Wildman–Crippen MR) is 90.9 cm³/mol. The average Bonchev–Trinajstić information content (AvgIpc) is 2.84. The summed E-state index contributed by atoms with van der Waals surface area (Å²) >= 11 is 0. The second-order valence-electron chi connectivity index (χ2n) is 6.60. The molecule has 6 atom stereocenters. The topological polar surface area (TPSA) is 164 Å². The van der Waals surface area contributed by atoms with Gasteiger partial charge >= 0.3 is 19.4 Å². The van der Waals surface area contributed by atoms with Crippen LogP contribution in [-0.2, 0) is 27.9 Å². The van der Waals surface area contributed by atoms with Gasteiger partial charge in [0.1, 0.15) is 18.2 Å². The molecule has 1 aromatic heterocycles. The molecule has 1 aromatic rings. The third kappa shape index (κ3) is 3.64. The number of esters is 1. The van der Waals surface area contributed by atoms with E-state index in [0.29, 0.717) is 0 Å². The van der Waals surface area contributed by atoms with Crippen molar-refractivity contribution in [3.63, 3.8) is 0 Å². The molecule has 4 N–H and O–H groups in total. The summed E-state index contributed by atoms with van der Waals surface area (Å²) in [6.45, 7) is 2.88. The first kappa shape index (κ1) is 19.9. The number of H-pyrrole nitrogens is 1. The van der Waals surface area contributed by atoms with Crippen molar-refractivity contribution in [2.45, 2.75) is 43.9 Å². The Kier molecular flexibility index (Phi) is 5.14. The molecular weight excluding hydrogens is 383 g/mol. The molecule has 2 aliphatic heterocycles. The van der Waals surface area contributed by atoms with Crippen LogP contribution >= 0.6 is 7.75 Å². The first-order chi connectivity index (χ1) is 12.6. The number of nitrogens with two attached hydrogens (primary N) is 1. The van der Waals surface area contributed by atoms with E-state index >= 15 is 0 Å². The molecule has 0 aliphatic carbocycles. The van der Waals surface area contributed by atoms with Crippen LogP contribution in [0.15, 0.2) is 21.9 Å². The Labute approximate surface area is 153 Å². The molecule has 2 aliphatic rings. The van der Waals surface area contributed by atoms with Crippen LogP contribution in [0.1, 0.15) is 20.1 Å². The molecule has 0 amide bonds. The zero-order valence-corrected chi connectivity index (χ0v) is 15.8. The summed E-state index contributed by atoms with van der Waals surface area (Å²) < 4.78 is 35.2. The van der Waals surface area contributed by atoms with E-state index in [4.69, 9.17) is 19.5 Å². The minimum absolute atomic E-state index is 0.135. The van der Waals surface area contributed by atoms with Gasteiger partial charge in [-0.15, -0.1) is 0 Å². The summed E-state index contributed by atoms with van der Waals surface area (Å²) in [5.41, 5.74) is 3.80. The highest BCUT2D eigenvalue weighted by Crippen LogP contribution is 2.55. The Balaban J connectivity index is 1.84. The van der Waals surface area contributed by atoms with Gasteiger partial charge in [-0.1, -0.05) is 0 Å². The smallest absolute Gasteiger partial charge is 0.406 e. The Morgan fingerprint density at radius 1 is 1.56 bits per heavy atom. The molecule has 1 unspecified atom stereocenters. The largest absolute Gasteiger partial charge is 0.468 e. The quantitative estimate of drug-likeness (QED) is 0.411. The zero-order valence-electron chi connectivity index (χ0n) is 14.9. The summed E-state index contributed by atoms with van der Waals surface area (Å²) in [7, 11) is -2.68. The Morgan fingerprint density at radius 3 is 2.89 bits per heavy atom. The molecule has 0 spiro atoms. The number of methoxy groups -OCH3 is 1. The number of carbonyl (C=O) groups is 1. The van der Waals surface area contributed by atoms with E-state index < -0.39 is 55.0 Å². The van der Waals surface area contributed by atoms with Crippen molar-refractivity contribution in [2.75, 3.05) is 13.7 Å². The maximum absolute atomic E-state index is 12.9. The summed E-state index contributed by atoms with van der Waals surface area (Å²) in [6.07, 6.45) is -1.35. The van der Waals surface area contributed by atoms with E-state index in [1.54, 1.807) is 6.92 Å². The minimum Gasteiger partial charge on any atom is -0.468 e. The van der Waals surface area contributed by atoms with Crippen molar-refractivity contribution in [1.82, 2.24) is 14.6 Å². The van der Waals surface area contributed by atoms with Gasteiger partial charge in [0.05, 0.1) is 19.3 Å². The van der Waals surface area contributed by atoms with Gasteiger partial charge in [0.15, 0.2) is 6.23 Å². The van der Waals surface area contributed by atoms with E-state index in [-0.39, 0.29) is 6.61 Å². The molecule has 12 nitrogen and oxygen atoms in total. The SMILES string of the molecule is COC(=O)[C@@H](C)NP1(=O)OC[C@H]2O[C@@H](n3ccc(=O)[nH]c3=O)[C@](C)(N)[C@@H]2O1. The molecule has 3 heterocycles. The number of carbonyl (C=O) groups excluding carboxylic acids is 1. The Morgan fingerprint density at radius 2 is 2.26 bits per heavy atom. The molecule has 2 saturated heterocycles. The van der Waals surface area contributed by atoms with E-state index in [0.717, 1.165) is 10.6 Å². The van der Waals surface area contributed by atoms with Gasteiger partial charge in [-0.3, -0.25) is 28.2 Å². The van der Waals surface area contributed by atoms with Gasteiger partial charge in [0.2, 0.25) is 0 Å². The fourth-order valence-electron chi connectivity index (χ4n) is 3.10. The fraction of sp³-hybridized carbons (Fsp3) is 0.643. The molecule has 0 aromatic carbocycles. The summed E-state index contributed by atoms with van der Waals surface area (Å²) in [4.78, 5) is 37.0. The highest BCUT2D eigenvalue weighted by Gasteiger charge is 2.58. The van der Waals surface area contributed by atoms with Gasteiger partial charge in [0.25, 0.3) is 5.56 Å². The lowest BCUT2D eigenvalue weighted by atomic mass is 9.93. The average molecular weight is 404 g/mol. The third-order valence-electron chi connectivity index (χ3n) is 4.46. The van der Waals surface area contributed by atoms with E-state index in [2.05, 4.69) is 14.8 Å². The number of aromatic amines is 1. The zero-order chi connectivity index (χ0) is 20.0. The van der Waals surface area contributed by atoms with Crippen LogP contribution in [0, 0.1) is 0 Å². The minimum atomic E-state index is -3.88. The number of rotatable bonds is 4. The Hall–Kier alpha value is -1.82. The second-order valence-corrected chi connectivity index (χ2v) is 8.33. The van der Waals surface area contributed by atoms with Crippen LogP contribution in [-0.4, -0.2) is 53.0 Å². The highest BCUT2D eigenvalue weighted by atomic mass is 31.2. The number of nitrogens with zero attached hydrogens (tertiary/aromatic N) is 1. The van der Waals surface area contributed by atoms with Gasteiger partial charge in [-0.25, -0.2) is 14.4 Å². The molecule has 13 heteroatoms. The normalized spacial score (nSPS) is 36.8. The molecule has 2 fully saturated rings. The monoisotopic (exact) mass is 404 g/mol. The Bertz CT molecular complexity index is 896. The number of hydrogen-bond donors (Lipinski definition) is 3. The number of nitrogens with one attached hydrogen (secondary N) is 2. The highest BCUT2D eigenvalue weighted by molar-refractivity contribution is 7.51. The predicted octanol–water partition coefficient (Wildman–Crippen LogP) is -1.17. The van der Waals surface area contributed by atoms with Crippen LogP contribution in [0.4, 0.5) is 0 Å². The standard InChI is InChI=1S/C14H21N4O8P/c1-7(11(20)23-3)17-27(22)24-6-8-10(26-27)14(2,15)12(25-8)18-5-4-9(19)16-13(18)21/h4-5,7-8,10,12H,6,15H2,1-3H3,(H,17,22)(H,16,19,21)/t7-,8-,10-,12-,14-,27?/m1/s1. The molecule has 0 radical (unpaired) electrons. The lowest BCUT2D eigenvalue weighted by Crippen LogP contribution is -2.56. The van der Waals surface area contributed by atoms with Gasteiger partial charge in [-0.2, -0.15) is 0 Å². The molecule has 0 bridgehead atoms. The fourth-order valence-corrected chi connectivity index (χ4v) is 4.88. The van der Waals surface area contributed by atoms with Crippen molar-refractivity contribution >= 4 is 13.7 Å². The van der Waals surface area contributed by atoms with Crippen LogP contribution in [0.5, 0.6) is 0 Å². The maximum atomic E-state index is 12.9. The lowest BCUT2D eigenvalue weighted by Gasteiger charge is -2.37. The van der Waals surface area contributed by atoms with Gasteiger partial charge in [-0.05, 0) is 13.8 Å². The van der Waals surface area contributed by atoms with Crippen molar-refractivity contribution in [1.29, 1.82) is 0 Å². The number of hydrogen-bond acceptors (Lipinski definition) is 9. The summed E-state index contributed by atoms with van der Waals surface area (Å²) in [5.74, 6) is -0.643. The maximum Gasteiger partial charge on any atom is 0.406 e. The van der Waals surface area contributed by atoms with Crippen LogP contribution in [0.25, 0.3) is 0 Å². The van der Waals surface area contributed by atoms with Crippen molar-refractivity contribution in [2.24, 2.45) is 5.73 Å². The molecule has 150 valence electrons. The van der Waals surface area contributed by atoms with Crippen LogP contribution in [0.3, 0.4) is 0 Å². The van der Waals surface area contributed by atoms with Crippen LogP contribution < -0.4 is 22.1 Å². The number of ether oxygens (including phenoxy) is 2. The van der Waals surface area contributed by atoms with Crippen LogP contribution in [0.2, 0.25) is 0 Å². The van der Waals surface area contributed by atoms with Gasteiger partial charge in [0, 0.05) is 12.3 Å². The molecular formula is C14H21N4O8P. The van der Waals surface area contributed by atoms with Gasteiger partial charge < -0.3 is 15.2 Å². The van der Waals surface area contributed by atoms with E-state index in [1.807, 2.05) is 0 Å². The second kappa shape index (κ2) is 6.97. The van der Waals surface area contributed by atoms with Crippen molar-refractivity contribution in [3.05, 3.63) is 33.1 Å². The van der Waals surface area contributed by atoms with E-state index in [1.165, 1.54) is 20.2 Å². The first-order valence-electron chi connectivity index (χ1n) is 8.12. The summed E-state index contributed by atoms with van der Waals surface area (Å²) in [6, 6.07) is 0.214. The molecule has 27 heavy (non-hydrogen) atoms. The number of aromatic nitrogens is 2.